The van der Waals surface area contributed by atoms with Crippen LogP contribution in [0.25, 0.3) is 0 Å². The van der Waals surface area contributed by atoms with Crippen molar-refractivity contribution in [2.75, 3.05) is 5.73 Å². The average molecular weight is 245 g/mol. The predicted molar refractivity (Wildman–Crippen MR) is 71.4 cm³/mol. The standard InChI is InChI=1S/C15H16FNO/c1-3-11-5-4-6-12(8-11)18-15-7-10(2)13(16)9-14(15)17/h4-9H,3,17H2,1-2H3. The van der Waals surface area contributed by atoms with Crippen molar-refractivity contribution in [1.82, 2.24) is 0 Å². The molecule has 2 N–H and O–H groups in total. The van der Waals surface area contributed by atoms with Crippen molar-refractivity contribution in [3.05, 3.63) is 53.3 Å². The molecule has 18 heavy (non-hydrogen) atoms. The molecule has 0 saturated heterocycles. The molecule has 2 aromatic rings. The summed E-state index contributed by atoms with van der Waals surface area (Å²) in [6.07, 6.45) is 0.940. The first-order valence-electron chi connectivity index (χ1n) is 5.92. The van der Waals surface area contributed by atoms with Crippen molar-refractivity contribution in [3.8, 4) is 11.5 Å². The maximum Gasteiger partial charge on any atom is 0.150 e. The van der Waals surface area contributed by atoms with Crippen molar-refractivity contribution in [2.24, 2.45) is 0 Å². The highest BCUT2D eigenvalue weighted by molar-refractivity contribution is 5.55. The van der Waals surface area contributed by atoms with E-state index in [2.05, 4.69) is 6.92 Å². The number of nitrogen functional groups attached to an aromatic ring is 1. The maximum absolute atomic E-state index is 13.3. The van der Waals surface area contributed by atoms with Crippen LogP contribution in [0.1, 0.15) is 18.1 Å². The molecule has 94 valence electrons. The van der Waals surface area contributed by atoms with E-state index in [4.69, 9.17) is 10.5 Å². The van der Waals surface area contributed by atoms with Crippen LogP contribution >= 0.6 is 0 Å². The molecule has 0 radical (unpaired) electrons. The number of ether oxygens (including phenoxy) is 1. The van der Waals surface area contributed by atoms with E-state index in [0.29, 0.717) is 22.7 Å². The number of hydrogen-bond acceptors (Lipinski definition) is 2. The van der Waals surface area contributed by atoms with Crippen LogP contribution in [0, 0.1) is 12.7 Å². The minimum atomic E-state index is -0.317. The van der Waals surface area contributed by atoms with Gasteiger partial charge in [0.2, 0.25) is 0 Å². The molecule has 0 bridgehead atoms. The minimum absolute atomic E-state index is 0.306. The normalized spacial score (nSPS) is 10.4. The molecule has 2 rings (SSSR count). The highest BCUT2D eigenvalue weighted by Crippen LogP contribution is 2.30. The van der Waals surface area contributed by atoms with Gasteiger partial charge in [0.05, 0.1) is 5.69 Å². The lowest BCUT2D eigenvalue weighted by Gasteiger charge is -2.10. The molecule has 0 aromatic heterocycles. The van der Waals surface area contributed by atoms with Gasteiger partial charge in [-0.2, -0.15) is 0 Å². The Kier molecular flexibility index (Phi) is 3.51. The summed E-state index contributed by atoms with van der Waals surface area (Å²) in [4.78, 5) is 0. The Morgan fingerprint density at radius 2 is 2.00 bits per heavy atom. The van der Waals surface area contributed by atoms with E-state index in [0.717, 1.165) is 6.42 Å². The Bertz CT molecular complexity index is 566. The number of anilines is 1. The van der Waals surface area contributed by atoms with E-state index in [1.807, 2.05) is 24.3 Å². The fourth-order valence-electron chi connectivity index (χ4n) is 1.71. The first-order chi connectivity index (χ1) is 8.60. The van der Waals surface area contributed by atoms with E-state index in [-0.39, 0.29) is 5.82 Å². The molecule has 0 unspecified atom stereocenters. The molecule has 3 heteroatoms. The van der Waals surface area contributed by atoms with Gasteiger partial charge in [-0.1, -0.05) is 19.1 Å². The van der Waals surface area contributed by atoms with Gasteiger partial charge in [0.1, 0.15) is 11.6 Å². The number of benzene rings is 2. The Morgan fingerprint density at radius 3 is 2.72 bits per heavy atom. The molecule has 0 fully saturated rings. The van der Waals surface area contributed by atoms with Crippen molar-refractivity contribution in [2.45, 2.75) is 20.3 Å². The average Bonchev–Trinajstić information content (AvgIpc) is 2.36. The number of rotatable bonds is 3. The monoisotopic (exact) mass is 245 g/mol. The van der Waals surface area contributed by atoms with Crippen LogP contribution in [0.5, 0.6) is 11.5 Å². The topological polar surface area (TPSA) is 35.2 Å². The Morgan fingerprint density at radius 1 is 1.22 bits per heavy atom. The third kappa shape index (κ3) is 2.62. The zero-order valence-corrected chi connectivity index (χ0v) is 10.5. The van der Waals surface area contributed by atoms with Gasteiger partial charge < -0.3 is 10.5 Å². The van der Waals surface area contributed by atoms with E-state index in [1.54, 1.807) is 13.0 Å². The molecule has 0 heterocycles. The number of hydrogen-bond donors (Lipinski definition) is 1. The lowest BCUT2D eigenvalue weighted by atomic mass is 10.1. The molecule has 0 spiro atoms. The number of nitrogens with two attached hydrogens (primary N) is 1. The summed E-state index contributed by atoms with van der Waals surface area (Å²) >= 11 is 0. The van der Waals surface area contributed by atoms with Crippen molar-refractivity contribution in [1.29, 1.82) is 0 Å². The van der Waals surface area contributed by atoms with E-state index in [1.165, 1.54) is 11.6 Å². The van der Waals surface area contributed by atoms with E-state index < -0.39 is 0 Å². The van der Waals surface area contributed by atoms with Crippen molar-refractivity contribution < 1.29 is 9.13 Å². The minimum Gasteiger partial charge on any atom is -0.455 e. The van der Waals surface area contributed by atoms with Gasteiger partial charge >= 0.3 is 0 Å². The Hall–Kier alpha value is -2.03. The number of aryl methyl sites for hydroxylation is 2. The lowest BCUT2D eigenvalue weighted by Crippen LogP contribution is -1.95. The second-order valence-electron chi connectivity index (χ2n) is 4.24. The SMILES string of the molecule is CCc1cccc(Oc2cc(C)c(F)cc2N)c1. The largest absolute Gasteiger partial charge is 0.455 e. The van der Waals surface area contributed by atoms with Crippen molar-refractivity contribution >= 4 is 5.69 Å². The van der Waals surface area contributed by atoms with Gasteiger partial charge in [0.25, 0.3) is 0 Å². The molecule has 0 aliphatic carbocycles. The van der Waals surface area contributed by atoms with Crippen LogP contribution in [0.2, 0.25) is 0 Å². The van der Waals surface area contributed by atoms with Gasteiger partial charge in [0, 0.05) is 6.07 Å². The summed E-state index contributed by atoms with van der Waals surface area (Å²) in [5, 5.41) is 0. The summed E-state index contributed by atoms with van der Waals surface area (Å²) in [7, 11) is 0. The van der Waals surface area contributed by atoms with Crippen LogP contribution < -0.4 is 10.5 Å². The highest BCUT2D eigenvalue weighted by atomic mass is 19.1. The first-order valence-corrected chi connectivity index (χ1v) is 5.92. The van der Waals surface area contributed by atoms with Gasteiger partial charge in [-0.15, -0.1) is 0 Å². The summed E-state index contributed by atoms with van der Waals surface area (Å²) in [6, 6.07) is 10.7. The first kappa shape index (κ1) is 12.4. The van der Waals surface area contributed by atoms with Gasteiger partial charge in [0.15, 0.2) is 5.75 Å². The summed E-state index contributed by atoms with van der Waals surface area (Å²) < 4.78 is 19.0. The molecule has 0 saturated carbocycles. The van der Waals surface area contributed by atoms with Gasteiger partial charge in [-0.25, -0.2) is 4.39 Å². The molecule has 0 aliphatic rings. The fourth-order valence-corrected chi connectivity index (χ4v) is 1.71. The zero-order valence-electron chi connectivity index (χ0n) is 10.5. The van der Waals surface area contributed by atoms with Crippen LogP contribution in [0.3, 0.4) is 0 Å². The quantitative estimate of drug-likeness (QED) is 0.827. The van der Waals surface area contributed by atoms with Crippen molar-refractivity contribution in [3.63, 3.8) is 0 Å². The molecule has 2 aromatic carbocycles. The fraction of sp³-hybridized carbons (Fsp3) is 0.200. The van der Waals surface area contributed by atoms with Crippen LogP contribution in [-0.4, -0.2) is 0 Å². The van der Waals surface area contributed by atoms with Crippen LogP contribution in [0.15, 0.2) is 36.4 Å². The Balaban J connectivity index is 2.30. The lowest BCUT2D eigenvalue weighted by molar-refractivity contribution is 0.481. The summed E-state index contributed by atoms with van der Waals surface area (Å²) in [5.41, 5.74) is 7.75. The molecular weight excluding hydrogens is 229 g/mol. The highest BCUT2D eigenvalue weighted by Gasteiger charge is 2.07. The van der Waals surface area contributed by atoms with Crippen LogP contribution in [0.4, 0.5) is 10.1 Å². The summed E-state index contributed by atoms with van der Waals surface area (Å²) in [5.74, 6) is 0.886. The van der Waals surface area contributed by atoms with E-state index in [9.17, 15) is 4.39 Å². The third-order valence-corrected chi connectivity index (χ3v) is 2.83. The second-order valence-corrected chi connectivity index (χ2v) is 4.24. The molecule has 0 atom stereocenters. The zero-order chi connectivity index (χ0) is 13.1. The molecule has 0 aliphatic heterocycles. The van der Waals surface area contributed by atoms with Gasteiger partial charge in [-0.05, 0) is 42.7 Å². The summed E-state index contributed by atoms with van der Waals surface area (Å²) in [6.45, 7) is 3.76. The van der Waals surface area contributed by atoms with Gasteiger partial charge in [-0.3, -0.25) is 0 Å². The maximum atomic E-state index is 13.3. The smallest absolute Gasteiger partial charge is 0.150 e. The molecule has 0 amide bonds. The van der Waals surface area contributed by atoms with E-state index >= 15 is 0 Å². The second kappa shape index (κ2) is 5.08. The molecular formula is C15H16FNO. The Labute approximate surface area is 106 Å². The van der Waals surface area contributed by atoms with Crippen LogP contribution in [-0.2, 0) is 6.42 Å². The third-order valence-electron chi connectivity index (χ3n) is 2.83. The molecule has 2 nitrogen and oxygen atoms in total. The predicted octanol–water partition coefficient (Wildman–Crippen LogP) is 4.07. The number of halogens is 1.